The summed E-state index contributed by atoms with van der Waals surface area (Å²) in [5.41, 5.74) is -4.96. The van der Waals surface area contributed by atoms with Crippen molar-refractivity contribution in [1.82, 2.24) is 5.32 Å². The number of benzene rings is 1. The second-order valence-electron chi connectivity index (χ2n) is 6.64. The normalized spacial score (nSPS) is 22.4. The van der Waals surface area contributed by atoms with Crippen LogP contribution in [0.1, 0.15) is 27.2 Å². The predicted octanol–water partition coefficient (Wildman–Crippen LogP) is 2.86. The zero-order chi connectivity index (χ0) is 20.6. The predicted molar refractivity (Wildman–Crippen MR) is 90.6 cm³/mol. The third-order valence-corrected chi connectivity index (χ3v) is 4.04. The van der Waals surface area contributed by atoms with Crippen molar-refractivity contribution < 1.29 is 32.7 Å². The minimum Gasteiger partial charge on any atom is -0.512 e. The first kappa shape index (κ1) is 20.5. The lowest BCUT2D eigenvalue weighted by atomic mass is 9.89. The number of nitrogens with zero attached hydrogens (tertiary/aromatic N) is 1. The number of hydrogen-bond donors (Lipinski definition) is 2. The highest BCUT2D eigenvalue weighted by molar-refractivity contribution is 6.34. The van der Waals surface area contributed by atoms with Crippen LogP contribution in [0.25, 0.3) is 0 Å². The van der Waals surface area contributed by atoms with E-state index >= 15 is 0 Å². The molecule has 1 fully saturated rings. The fraction of sp³-hybridized carbons (Fsp3) is 0.389. The number of allylic oxidation sites excluding steroid dienone is 1. The fourth-order valence-corrected chi connectivity index (χ4v) is 2.96. The lowest BCUT2D eigenvalue weighted by molar-refractivity contribution is -0.189. The average Bonchev–Trinajstić information content (AvgIpc) is 2.75. The molecule has 2 N–H and O–H groups in total. The van der Waals surface area contributed by atoms with Crippen molar-refractivity contribution in [3.05, 3.63) is 41.7 Å². The van der Waals surface area contributed by atoms with Crippen LogP contribution in [0.4, 0.5) is 18.9 Å². The summed E-state index contributed by atoms with van der Waals surface area (Å²) in [5.74, 6) is -5.36. The summed E-state index contributed by atoms with van der Waals surface area (Å²) in [6.45, 7) is 4.10. The second kappa shape index (κ2) is 7.05. The number of alkyl halides is 3. The van der Waals surface area contributed by atoms with Gasteiger partial charge in [-0.1, -0.05) is 32.0 Å². The first-order valence-corrected chi connectivity index (χ1v) is 8.15. The van der Waals surface area contributed by atoms with Crippen LogP contribution in [0.2, 0.25) is 0 Å². The Kier molecular flexibility index (Phi) is 5.35. The number of halogens is 3. The maximum atomic E-state index is 14.1. The quantitative estimate of drug-likeness (QED) is 0.475. The van der Waals surface area contributed by atoms with E-state index in [9.17, 15) is 32.7 Å². The highest BCUT2D eigenvalue weighted by Gasteiger charge is 2.72. The van der Waals surface area contributed by atoms with Crippen molar-refractivity contribution in [2.45, 2.75) is 38.9 Å². The summed E-state index contributed by atoms with van der Waals surface area (Å²) in [6, 6.07) is 7.00. The molecular formula is C18H19F3N2O4. The van der Waals surface area contributed by atoms with E-state index in [1.807, 2.05) is 0 Å². The number of hydrogen-bond acceptors (Lipinski definition) is 4. The van der Waals surface area contributed by atoms with E-state index in [2.05, 4.69) is 0 Å². The standard InChI is InChI=1S/C18H19F3N2O4/c1-10(2)9-13(25)22-17(18(19,20)21)14(11(3)24)15(26)23(16(17)27)12-7-5-4-6-8-12/h4-8,10,24H,9H2,1-3H3,(H,22,25)/b14-11-. The SMILES string of the molecule is C/C(O)=C1\C(=O)N(c2ccccc2)C(=O)C1(NC(=O)CC(C)C)C(F)(F)F. The Bertz CT molecular complexity index is 799. The Morgan fingerprint density at radius 2 is 1.78 bits per heavy atom. The van der Waals surface area contributed by atoms with Crippen molar-refractivity contribution in [3.63, 3.8) is 0 Å². The summed E-state index contributed by atoms with van der Waals surface area (Å²) in [4.78, 5) is 38.0. The van der Waals surface area contributed by atoms with Crippen LogP contribution < -0.4 is 10.2 Å². The molecule has 2 rings (SSSR count). The molecule has 1 aliphatic rings. The molecule has 9 heteroatoms. The number of anilines is 1. The zero-order valence-electron chi connectivity index (χ0n) is 14.9. The van der Waals surface area contributed by atoms with Crippen LogP contribution in [0.3, 0.4) is 0 Å². The molecule has 1 aromatic rings. The van der Waals surface area contributed by atoms with E-state index in [1.165, 1.54) is 24.3 Å². The molecule has 6 nitrogen and oxygen atoms in total. The van der Waals surface area contributed by atoms with Crippen molar-refractivity contribution in [3.8, 4) is 0 Å². The lowest BCUT2D eigenvalue weighted by Gasteiger charge is -2.31. The van der Waals surface area contributed by atoms with Gasteiger partial charge in [0.25, 0.3) is 17.4 Å². The third-order valence-electron chi connectivity index (χ3n) is 4.04. The fourth-order valence-electron chi connectivity index (χ4n) is 2.96. The Morgan fingerprint density at radius 1 is 1.22 bits per heavy atom. The molecule has 0 aromatic heterocycles. The van der Waals surface area contributed by atoms with Crippen LogP contribution in [-0.2, 0) is 14.4 Å². The summed E-state index contributed by atoms with van der Waals surface area (Å²) in [5, 5.41) is 11.5. The van der Waals surface area contributed by atoms with Gasteiger partial charge in [-0.25, -0.2) is 4.90 Å². The Hall–Kier alpha value is -2.84. The maximum Gasteiger partial charge on any atom is 0.425 e. The largest absolute Gasteiger partial charge is 0.512 e. The topological polar surface area (TPSA) is 86.7 Å². The molecule has 0 saturated carbocycles. The zero-order valence-corrected chi connectivity index (χ0v) is 14.9. The van der Waals surface area contributed by atoms with Gasteiger partial charge in [0.15, 0.2) is 0 Å². The molecule has 0 bridgehead atoms. The molecule has 0 spiro atoms. The van der Waals surface area contributed by atoms with E-state index in [4.69, 9.17) is 0 Å². The van der Waals surface area contributed by atoms with Crippen LogP contribution in [0, 0.1) is 5.92 Å². The molecule has 1 atom stereocenters. The highest BCUT2D eigenvalue weighted by Crippen LogP contribution is 2.45. The number of rotatable bonds is 4. The number of aliphatic hydroxyl groups is 1. The first-order valence-electron chi connectivity index (χ1n) is 8.15. The minimum atomic E-state index is -5.35. The van der Waals surface area contributed by atoms with E-state index < -0.39 is 40.8 Å². The molecule has 0 radical (unpaired) electrons. The van der Waals surface area contributed by atoms with Gasteiger partial charge in [0.2, 0.25) is 5.91 Å². The molecule has 1 saturated heterocycles. The molecule has 1 unspecified atom stereocenters. The first-order chi connectivity index (χ1) is 12.4. The second-order valence-corrected chi connectivity index (χ2v) is 6.64. The monoisotopic (exact) mass is 384 g/mol. The smallest absolute Gasteiger partial charge is 0.425 e. The van der Waals surface area contributed by atoms with E-state index in [-0.39, 0.29) is 18.0 Å². The summed E-state index contributed by atoms with van der Waals surface area (Å²) < 4.78 is 42.2. The molecule has 0 aliphatic carbocycles. The van der Waals surface area contributed by atoms with Gasteiger partial charge in [-0.15, -0.1) is 0 Å². The van der Waals surface area contributed by atoms with Crippen molar-refractivity contribution in [1.29, 1.82) is 0 Å². The summed E-state index contributed by atoms with van der Waals surface area (Å²) in [7, 11) is 0. The number of carbonyl (C=O) groups excluding carboxylic acids is 3. The van der Waals surface area contributed by atoms with Crippen molar-refractivity contribution in [2.75, 3.05) is 4.90 Å². The van der Waals surface area contributed by atoms with Gasteiger partial charge in [-0.3, -0.25) is 14.4 Å². The molecule has 1 aliphatic heterocycles. The molecule has 3 amide bonds. The molecule has 146 valence electrons. The van der Waals surface area contributed by atoms with Gasteiger partial charge in [-0.2, -0.15) is 13.2 Å². The van der Waals surface area contributed by atoms with Gasteiger partial charge in [0.05, 0.1) is 11.3 Å². The molecule has 27 heavy (non-hydrogen) atoms. The number of carbonyl (C=O) groups is 3. The Balaban J connectivity index is 2.69. The number of amides is 3. The van der Waals surface area contributed by atoms with Crippen LogP contribution >= 0.6 is 0 Å². The van der Waals surface area contributed by atoms with Crippen LogP contribution in [-0.4, -0.2) is 34.5 Å². The van der Waals surface area contributed by atoms with Crippen molar-refractivity contribution >= 4 is 23.4 Å². The Morgan fingerprint density at radius 3 is 2.22 bits per heavy atom. The average molecular weight is 384 g/mol. The van der Waals surface area contributed by atoms with E-state index in [0.29, 0.717) is 4.90 Å². The molecular weight excluding hydrogens is 365 g/mol. The number of aliphatic hydroxyl groups excluding tert-OH is 1. The number of imide groups is 1. The van der Waals surface area contributed by atoms with Gasteiger partial charge in [0, 0.05) is 6.42 Å². The van der Waals surface area contributed by atoms with Gasteiger partial charge >= 0.3 is 6.18 Å². The minimum absolute atomic E-state index is 0.101. The third kappa shape index (κ3) is 3.41. The van der Waals surface area contributed by atoms with Crippen molar-refractivity contribution in [2.24, 2.45) is 5.92 Å². The highest BCUT2D eigenvalue weighted by atomic mass is 19.4. The summed E-state index contributed by atoms with van der Waals surface area (Å²) in [6.07, 6.45) is -5.64. The number of para-hydroxylation sites is 1. The van der Waals surface area contributed by atoms with Gasteiger partial charge < -0.3 is 10.4 Å². The van der Waals surface area contributed by atoms with Crippen LogP contribution in [0.15, 0.2) is 41.7 Å². The van der Waals surface area contributed by atoms with Gasteiger partial charge in [-0.05, 0) is 25.0 Å². The van der Waals surface area contributed by atoms with Gasteiger partial charge in [0.1, 0.15) is 5.76 Å². The molecule has 1 heterocycles. The molecule has 1 aromatic carbocycles. The lowest BCUT2D eigenvalue weighted by Crippen LogP contribution is -2.64. The van der Waals surface area contributed by atoms with E-state index in [1.54, 1.807) is 25.2 Å². The number of nitrogens with one attached hydrogen (secondary N) is 1. The van der Waals surface area contributed by atoms with E-state index in [0.717, 1.165) is 6.92 Å². The Labute approximate surface area is 153 Å². The maximum absolute atomic E-state index is 14.1. The van der Waals surface area contributed by atoms with Crippen LogP contribution in [0.5, 0.6) is 0 Å². The summed E-state index contributed by atoms with van der Waals surface area (Å²) >= 11 is 0.